The third-order valence-corrected chi connectivity index (χ3v) is 2.52. The highest BCUT2D eigenvalue weighted by molar-refractivity contribution is 9.06. The van der Waals surface area contributed by atoms with Crippen molar-refractivity contribution in [3.8, 4) is 17.2 Å². The van der Waals surface area contributed by atoms with Crippen LogP contribution in [-0.2, 0) is 10.2 Å². The minimum absolute atomic E-state index is 0.582. The molecule has 0 aliphatic heterocycles. The molecule has 0 aromatic heterocycles. The Labute approximate surface area is 104 Å². The molecular formula is C11H15BrO4. The van der Waals surface area contributed by atoms with Crippen molar-refractivity contribution in [3.63, 3.8) is 0 Å². The Balaban J connectivity index is 3.05. The van der Waals surface area contributed by atoms with E-state index in [-0.39, 0.29) is 0 Å². The van der Waals surface area contributed by atoms with Crippen molar-refractivity contribution in [3.05, 3.63) is 17.7 Å². The summed E-state index contributed by atoms with van der Waals surface area (Å²) in [4.78, 5) is 0. The van der Waals surface area contributed by atoms with Gasteiger partial charge in [0.2, 0.25) is 5.75 Å². The van der Waals surface area contributed by atoms with Crippen molar-refractivity contribution < 1.29 is 18.0 Å². The van der Waals surface area contributed by atoms with Crippen LogP contribution in [0.3, 0.4) is 0 Å². The molecule has 4 nitrogen and oxygen atoms in total. The molecule has 0 fully saturated rings. The van der Waals surface area contributed by atoms with E-state index in [9.17, 15) is 0 Å². The standard InChI is InChI=1S/C11H15BrO4/c1-13-9-6-8(4-5-16-12)7-10(14-2)11(9)15-3/h6-7H,4-5H2,1-3H3. The second-order valence-electron chi connectivity index (χ2n) is 3.10. The van der Waals surface area contributed by atoms with Crippen molar-refractivity contribution in [2.45, 2.75) is 6.42 Å². The fourth-order valence-corrected chi connectivity index (χ4v) is 1.60. The molecule has 0 spiro atoms. The summed E-state index contributed by atoms with van der Waals surface area (Å²) in [5.41, 5.74) is 1.06. The van der Waals surface area contributed by atoms with Crippen molar-refractivity contribution in [2.75, 3.05) is 27.9 Å². The van der Waals surface area contributed by atoms with Crippen LogP contribution in [0.5, 0.6) is 17.2 Å². The maximum Gasteiger partial charge on any atom is 0.203 e. The number of hydrogen-bond donors (Lipinski definition) is 0. The molecule has 0 heterocycles. The number of rotatable bonds is 6. The van der Waals surface area contributed by atoms with Gasteiger partial charge in [-0.1, -0.05) is 0 Å². The highest BCUT2D eigenvalue weighted by Crippen LogP contribution is 2.38. The van der Waals surface area contributed by atoms with E-state index in [1.807, 2.05) is 12.1 Å². The lowest BCUT2D eigenvalue weighted by atomic mass is 10.1. The van der Waals surface area contributed by atoms with Crippen molar-refractivity contribution in [1.29, 1.82) is 0 Å². The van der Waals surface area contributed by atoms with Gasteiger partial charge in [-0.25, -0.2) is 0 Å². The smallest absolute Gasteiger partial charge is 0.203 e. The zero-order valence-corrected chi connectivity index (χ0v) is 11.2. The molecule has 0 saturated heterocycles. The Hall–Kier alpha value is -0.940. The van der Waals surface area contributed by atoms with E-state index in [4.69, 9.17) is 18.0 Å². The van der Waals surface area contributed by atoms with Gasteiger partial charge in [-0.05, 0) is 24.1 Å². The number of ether oxygens (including phenoxy) is 3. The van der Waals surface area contributed by atoms with Gasteiger partial charge in [0.15, 0.2) is 11.5 Å². The second kappa shape index (κ2) is 6.60. The molecule has 0 unspecified atom stereocenters. The summed E-state index contributed by atoms with van der Waals surface area (Å²) in [5, 5.41) is 0. The SMILES string of the molecule is COc1cc(CCOBr)cc(OC)c1OC. The fraction of sp³-hybridized carbons (Fsp3) is 0.455. The van der Waals surface area contributed by atoms with Crippen molar-refractivity contribution >= 4 is 16.3 Å². The number of benzene rings is 1. The molecule has 0 atom stereocenters. The summed E-state index contributed by atoms with van der Waals surface area (Å²) in [6.07, 6.45) is 0.766. The summed E-state index contributed by atoms with van der Waals surface area (Å²) in [6.45, 7) is 0.582. The molecule has 90 valence electrons. The van der Waals surface area contributed by atoms with Crippen LogP contribution >= 0.6 is 16.3 Å². The van der Waals surface area contributed by atoms with Crippen LogP contribution in [0, 0.1) is 0 Å². The predicted molar refractivity (Wildman–Crippen MR) is 64.7 cm³/mol. The molecule has 0 radical (unpaired) electrons. The van der Waals surface area contributed by atoms with E-state index in [1.165, 1.54) is 0 Å². The summed E-state index contributed by atoms with van der Waals surface area (Å²) in [5.74, 6) is 1.92. The molecule has 0 bridgehead atoms. The van der Waals surface area contributed by atoms with Crippen LogP contribution in [-0.4, -0.2) is 27.9 Å². The van der Waals surface area contributed by atoms with Crippen LogP contribution in [0.1, 0.15) is 5.56 Å². The lowest BCUT2D eigenvalue weighted by Gasteiger charge is -2.13. The Morgan fingerprint density at radius 1 is 1.00 bits per heavy atom. The van der Waals surface area contributed by atoms with E-state index in [0.717, 1.165) is 12.0 Å². The first-order valence-corrected chi connectivity index (χ1v) is 5.44. The van der Waals surface area contributed by atoms with Gasteiger partial charge in [0.1, 0.15) is 0 Å². The van der Waals surface area contributed by atoms with Gasteiger partial charge in [0, 0.05) is 0 Å². The molecular weight excluding hydrogens is 276 g/mol. The van der Waals surface area contributed by atoms with Crippen molar-refractivity contribution in [2.24, 2.45) is 0 Å². The minimum Gasteiger partial charge on any atom is -0.493 e. The lowest BCUT2D eigenvalue weighted by Crippen LogP contribution is -1.98. The normalized spacial score (nSPS) is 10.0. The van der Waals surface area contributed by atoms with E-state index >= 15 is 0 Å². The first kappa shape index (κ1) is 13.1. The van der Waals surface area contributed by atoms with Gasteiger partial charge < -0.3 is 18.0 Å². The van der Waals surface area contributed by atoms with Crippen LogP contribution in [0.2, 0.25) is 0 Å². The molecule has 1 rings (SSSR count). The predicted octanol–water partition coefficient (Wildman–Crippen LogP) is 2.58. The topological polar surface area (TPSA) is 36.9 Å². The van der Waals surface area contributed by atoms with E-state index in [0.29, 0.717) is 23.9 Å². The maximum atomic E-state index is 5.24. The summed E-state index contributed by atoms with van der Waals surface area (Å²) >= 11 is 2.92. The molecule has 1 aromatic carbocycles. The number of methoxy groups -OCH3 is 3. The van der Waals surface area contributed by atoms with Crippen LogP contribution in [0.25, 0.3) is 0 Å². The molecule has 0 aliphatic rings. The zero-order valence-electron chi connectivity index (χ0n) is 9.58. The number of hydrogen-bond acceptors (Lipinski definition) is 4. The average Bonchev–Trinajstić information content (AvgIpc) is 2.34. The van der Waals surface area contributed by atoms with Gasteiger partial charge in [0.25, 0.3) is 0 Å². The molecule has 5 heteroatoms. The molecule has 1 aromatic rings. The Morgan fingerprint density at radius 3 is 1.94 bits per heavy atom. The minimum atomic E-state index is 0.582. The quantitative estimate of drug-likeness (QED) is 0.807. The average molecular weight is 291 g/mol. The first-order chi connectivity index (χ1) is 7.76. The van der Waals surface area contributed by atoms with E-state index in [1.54, 1.807) is 21.3 Å². The van der Waals surface area contributed by atoms with E-state index < -0.39 is 0 Å². The first-order valence-electron chi connectivity index (χ1n) is 4.79. The highest BCUT2D eigenvalue weighted by Gasteiger charge is 2.12. The molecule has 0 amide bonds. The third kappa shape index (κ3) is 3.02. The molecule has 0 aliphatic carbocycles. The second-order valence-corrected chi connectivity index (χ2v) is 3.55. The summed E-state index contributed by atoms with van der Waals surface area (Å²) in [6, 6.07) is 3.82. The van der Waals surface area contributed by atoms with Crippen LogP contribution in [0.15, 0.2) is 12.1 Å². The highest BCUT2D eigenvalue weighted by atomic mass is 79.9. The Kier molecular flexibility index (Phi) is 5.42. The maximum absolute atomic E-state index is 5.24. The summed E-state index contributed by atoms with van der Waals surface area (Å²) < 4.78 is 20.6. The Morgan fingerprint density at radius 2 is 1.56 bits per heavy atom. The Bertz CT molecular complexity index is 316. The summed E-state index contributed by atoms with van der Waals surface area (Å²) in [7, 11) is 4.78. The van der Waals surface area contributed by atoms with Gasteiger partial charge in [-0.3, -0.25) is 0 Å². The largest absolute Gasteiger partial charge is 0.493 e. The zero-order chi connectivity index (χ0) is 12.0. The molecule has 0 N–H and O–H groups in total. The van der Waals surface area contributed by atoms with Gasteiger partial charge in [0.05, 0.1) is 44.2 Å². The monoisotopic (exact) mass is 290 g/mol. The van der Waals surface area contributed by atoms with E-state index in [2.05, 4.69) is 16.3 Å². The van der Waals surface area contributed by atoms with Gasteiger partial charge >= 0.3 is 0 Å². The third-order valence-electron chi connectivity index (χ3n) is 2.19. The van der Waals surface area contributed by atoms with Crippen molar-refractivity contribution in [1.82, 2.24) is 0 Å². The van der Waals surface area contributed by atoms with Gasteiger partial charge in [-0.15, -0.1) is 0 Å². The lowest BCUT2D eigenvalue weighted by molar-refractivity contribution is 0.323. The molecule has 0 saturated carbocycles. The molecule has 16 heavy (non-hydrogen) atoms. The fourth-order valence-electron chi connectivity index (χ4n) is 1.44. The van der Waals surface area contributed by atoms with Crippen LogP contribution in [0.4, 0.5) is 0 Å². The number of halogens is 1. The van der Waals surface area contributed by atoms with Gasteiger partial charge in [-0.2, -0.15) is 0 Å². The van der Waals surface area contributed by atoms with Crippen LogP contribution < -0.4 is 14.2 Å².